The number of hydrogen-bond donors (Lipinski definition) is 2. The number of fused-ring (bicyclic) bond motifs is 1. The Balaban J connectivity index is 1.79. The third kappa shape index (κ3) is 3.18. The predicted molar refractivity (Wildman–Crippen MR) is 102 cm³/mol. The maximum atomic E-state index is 11.0. The van der Waals surface area contributed by atoms with Gasteiger partial charge in [0.2, 0.25) is 0 Å². The zero-order valence-electron chi connectivity index (χ0n) is 14.5. The molecule has 4 aromatic rings. The lowest BCUT2D eigenvalue weighted by Gasteiger charge is -2.09. The molecule has 2 aromatic carbocycles. The summed E-state index contributed by atoms with van der Waals surface area (Å²) in [7, 11) is 1.62. The molecular weight excluding hydrogens is 344 g/mol. The standard InChI is InChI=1S/C20H16N4O3/c1-27-16-8-4-13(5-9-16)18-19(24-11-10-21-12-17(24)23-18)22-15-6-2-14(3-7-15)20(25)26/h2-12,22H,1H3,(H,25,26). The van der Waals surface area contributed by atoms with Gasteiger partial charge in [0, 0.05) is 23.6 Å². The van der Waals surface area contributed by atoms with Crippen LogP contribution in [0.3, 0.4) is 0 Å². The van der Waals surface area contributed by atoms with Crippen LogP contribution < -0.4 is 10.1 Å². The zero-order chi connectivity index (χ0) is 18.8. The highest BCUT2D eigenvalue weighted by atomic mass is 16.5. The molecule has 27 heavy (non-hydrogen) atoms. The van der Waals surface area contributed by atoms with E-state index in [1.807, 2.05) is 34.9 Å². The number of anilines is 2. The second-order valence-electron chi connectivity index (χ2n) is 5.85. The number of carboxylic acids is 1. The lowest BCUT2D eigenvalue weighted by molar-refractivity contribution is 0.0697. The van der Waals surface area contributed by atoms with Crippen LogP contribution >= 0.6 is 0 Å². The molecule has 7 heteroatoms. The summed E-state index contributed by atoms with van der Waals surface area (Å²) in [5.74, 6) is 0.574. The summed E-state index contributed by atoms with van der Waals surface area (Å²) in [5.41, 5.74) is 3.37. The van der Waals surface area contributed by atoms with Crippen molar-refractivity contribution in [1.82, 2.24) is 14.4 Å². The predicted octanol–water partition coefficient (Wildman–Crippen LogP) is 3.85. The molecule has 0 aliphatic rings. The second kappa shape index (κ2) is 6.80. The number of aromatic nitrogens is 3. The second-order valence-corrected chi connectivity index (χ2v) is 5.85. The van der Waals surface area contributed by atoms with Crippen molar-refractivity contribution < 1.29 is 14.6 Å². The number of methoxy groups -OCH3 is 1. The van der Waals surface area contributed by atoms with Crippen molar-refractivity contribution in [3.63, 3.8) is 0 Å². The third-order valence-electron chi connectivity index (χ3n) is 4.19. The van der Waals surface area contributed by atoms with Crippen LogP contribution in [0.5, 0.6) is 5.75 Å². The fraction of sp³-hybridized carbons (Fsp3) is 0.0500. The monoisotopic (exact) mass is 360 g/mol. The van der Waals surface area contributed by atoms with E-state index in [0.717, 1.165) is 28.5 Å². The summed E-state index contributed by atoms with van der Waals surface area (Å²) in [6.45, 7) is 0. The van der Waals surface area contributed by atoms with E-state index in [-0.39, 0.29) is 5.56 Å². The van der Waals surface area contributed by atoms with Gasteiger partial charge in [0.05, 0.1) is 18.9 Å². The summed E-state index contributed by atoms with van der Waals surface area (Å²) >= 11 is 0. The molecule has 0 amide bonds. The summed E-state index contributed by atoms with van der Waals surface area (Å²) in [6, 6.07) is 14.2. The van der Waals surface area contributed by atoms with E-state index in [0.29, 0.717) is 5.65 Å². The molecule has 0 aliphatic carbocycles. The minimum Gasteiger partial charge on any atom is -0.497 e. The van der Waals surface area contributed by atoms with Crippen molar-refractivity contribution in [1.29, 1.82) is 0 Å². The molecule has 0 saturated heterocycles. The third-order valence-corrected chi connectivity index (χ3v) is 4.19. The Morgan fingerprint density at radius 1 is 1.11 bits per heavy atom. The Hall–Kier alpha value is -3.87. The van der Waals surface area contributed by atoms with E-state index in [2.05, 4.69) is 15.3 Å². The summed E-state index contributed by atoms with van der Waals surface area (Å²) in [5, 5.41) is 12.4. The van der Waals surface area contributed by atoms with E-state index in [9.17, 15) is 4.79 Å². The van der Waals surface area contributed by atoms with Crippen molar-refractivity contribution in [3.8, 4) is 17.0 Å². The number of ether oxygens (including phenoxy) is 1. The van der Waals surface area contributed by atoms with Gasteiger partial charge in [-0.05, 0) is 48.5 Å². The fourth-order valence-corrected chi connectivity index (χ4v) is 2.81. The van der Waals surface area contributed by atoms with E-state index < -0.39 is 5.97 Å². The smallest absolute Gasteiger partial charge is 0.335 e. The first-order chi connectivity index (χ1) is 13.2. The van der Waals surface area contributed by atoms with Crippen molar-refractivity contribution >= 4 is 23.1 Å². The quantitative estimate of drug-likeness (QED) is 0.562. The molecule has 0 saturated carbocycles. The maximum absolute atomic E-state index is 11.0. The zero-order valence-corrected chi connectivity index (χ0v) is 14.5. The average molecular weight is 360 g/mol. The Morgan fingerprint density at radius 2 is 1.85 bits per heavy atom. The first-order valence-electron chi connectivity index (χ1n) is 8.22. The SMILES string of the molecule is COc1ccc(-c2nc3cnccn3c2Nc2ccc(C(=O)O)cc2)cc1. The number of rotatable bonds is 5. The van der Waals surface area contributed by atoms with E-state index in [4.69, 9.17) is 9.84 Å². The Kier molecular flexibility index (Phi) is 4.18. The van der Waals surface area contributed by atoms with Crippen LogP contribution in [0, 0.1) is 0 Å². The van der Waals surface area contributed by atoms with Gasteiger partial charge in [0.25, 0.3) is 0 Å². The summed E-state index contributed by atoms with van der Waals surface area (Å²) in [4.78, 5) is 19.9. The minimum atomic E-state index is -0.957. The highest BCUT2D eigenvalue weighted by molar-refractivity contribution is 5.88. The van der Waals surface area contributed by atoms with Gasteiger partial charge >= 0.3 is 5.97 Å². The number of nitrogens with one attached hydrogen (secondary N) is 1. The van der Waals surface area contributed by atoms with Crippen molar-refractivity contribution in [2.24, 2.45) is 0 Å². The summed E-state index contributed by atoms with van der Waals surface area (Å²) in [6.07, 6.45) is 5.19. The Labute approximate surface area is 154 Å². The van der Waals surface area contributed by atoms with Gasteiger partial charge in [-0.2, -0.15) is 0 Å². The first-order valence-corrected chi connectivity index (χ1v) is 8.22. The van der Waals surface area contributed by atoms with Gasteiger partial charge in [0.15, 0.2) is 5.65 Å². The number of benzene rings is 2. The molecule has 0 radical (unpaired) electrons. The van der Waals surface area contributed by atoms with Crippen LogP contribution in [0.25, 0.3) is 16.9 Å². The lowest BCUT2D eigenvalue weighted by Crippen LogP contribution is -1.99. The number of carbonyl (C=O) groups is 1. The fourth-order valence-electron chi connectivity index (χ4n) is 2.81. The number of hydrogen-bond acceptors (Lipinski definition) is 5. The molecule has 0 bridgehead atoms. The van der Waals surface area contributed by atoms with Gasteiger partial charge < -0.3 is 15.2 Å². The number of aromatic carboxylic acids is 1. The lowest BCUT2D eigenvalue weighted by atomic mass is 10.1. The van der Waals surface area contributed by atoms with Gasteiger partial charge in [-0.1, -0.05) is 0 Å². The molecule has 0 atom stereocenters. The number of nitrogens with zero attached hydrogens (tertiary/aromatic N) is 3. The van der Waals surface area contributed by atoms with Gasteiger partial charge in [-0.25, -0.2) is 9.78 Å². The molecule has 4 rings (SSSR count). The topological polar surface area (TPSA) is 88.8 Å². The van der Waals surface area contributed by atoms with Crippen LogP contribution in [0.4, 0.5) is 11.5 Å². The molecule has 134 valence electrons. The number of carboxylic acid groups (broad SMARTS) is 1. The van der Waals surface area contributed by atoms with Crippen LogP contribution in [-0.4, -0.2) is 32.6 Å². The van der Waals surface area contributed by atoms with Crippen LogP contribution in [0.15, 0.2) is 67.1 Å². The molecule has 2 aromatic heterocycles. The van der Waals surface area contributed by atoms with E-state index in [1.54, 1.807) is 43.8 Å². The van der Waals surface area contributed by atoms with E-state index >= 15 is 0 Å². The molecule has 0 aliphatic heterocycles. The van der Waals surface area contributed by atoms with Gasteiger partial charge in [0.1, 0.15) is 17.3 Å². The van der Waals surface area contributed by atoms with Gasteiger partial charge in [-0.15, -0.1) is 0 Å². The average Bonchev–Trinajstić information content (AvgIpc) is 3.07. The maximum Gasteiger partial charge on any atom is 0.335 e. The van der Waals surface area contributed by atoms with Gasteiger partial charge in [-0.3, -0.25) is 9.38 Å². The normalized spacial score (nSPS) is 10.7. The number of imidazole rings is 1. The van der Waals surface area contributed by atoms with Crippen molar-refractivity contribution in [2.75, 3.05) is 12.4 Å². The minimum absolute atomic E-state index is 0.235. The molecule has 2 N–H and O–H groups in total. The van der Waals surface area contributed by atoms with Crippen molar-refractivity contribution in [3.05, 3.63) is 72.7 Å². The molecule has 0 unspecified atom stereocenters. The molecule has 7 nitrogen and oxygen atoms in total. The van der Waals surface area contributed by atoms with E-state index in [1.165, 1.54) is 0 Å². The van der Waals surface area contributed by atoms with Crippen LogP contribution in [0.2, 0.25) is 0 Å². The molecular formula is C20H16N4O3. The highest BCUT2D eigenvalue weighted by Gasteiger charge is 2.15. The Bertz CT molecular complexity index is 1100. The van der Waals surface area contributed by atoms with Crippen molar-refractivity contribution in [2.45, 2.75) is 0 Å². The largest absolute Gasteiger partial charge is 0.497 e. The van der Waals surface area contributed by atoms with Crippen LogP contribution in [-0.2, 0) is 0 Å². The van der Waals surface area contributed by atoms with Crippen LogP contribution in [0.1, 0.15) is 10.4 Å². The summed E-state index contributed by atoms with van der Waals surface area (Å²) < 4.78 is 7.12. The Morgan fingerprint density at radius 3 is 2.52 bits per heavy atom. The molecule has 2 heterocycles. The molecule has 0 spiro atoms. The first kappa shape index (κ1) is 16.6. The molecule has 0 fully saturated rings. The highest BCUT2D eigenvalue weighted by Crippen LogP contribution is 2.31.